The van der Waals surface area contributed by atoms with Crippen LogP contribution in [0.2, 0.25) is 0 Å². The zero-order valence-corrected chi connectivity index (χ0v) is 15.0. The molecule has 0 aliphatic rings. The Bertz CT molecular complexity index is 961. The van der Waals surface area contributed by atoms with Crippen LogP contribution in [-0.4, -0.2) is 30.3 Å². The van der Waals surface area contributed by atoms with Crippen molar-refractivity contribution >= 4 is 12.0 Å². The molecule has 0 saturated heterocycles. The highest BCUT2D eigenvalue weighted by molar-refractivity contribution is 5.86. The molecular formula is C22H19NO4. The molecule has 1 aromatic heterocycles. The summed E-state index contributed by atoms with van der Waals surface area (Å²) in [6, 6.07) is 19.1. The average Bonchev–Trinajstić information content (AvgIpc) is 2.72. The van der Waals surface area contributed by atoms with Gasteiger partial charge in [-0.15, -0.1) is 0 Å². The molecule has 0 saturated carbocycles. The van der Waals surface area contributed by atoms with Crippen molar-refractivity contribution in [3.05, 3.63) is 72.4 Å². The van der Waals surface area contributed by atoms with Gasteiger partial charge in [-0.05, 0) is 54.1 Å². The number of aromatic nitrogens is 1. The smallest absolute Gasteiger partial charge is 0.328 e. The minimum absolute atomic E-state index is 0.570. The van der Waals surface area contributed by atoms with Crippen molar-refractivity contribution in [1.29, 1.82) is 0 Å². The molecule has 3 aromatic rings. The van der Waals surface area contributed by atoms with Crippen molar-refractivity contribution < 1.29 is 19.4 Å². The first kappa shape index (κ1) is 18.2. The number of nitrogens with zero attached hydrogens (tertiary/aromatic N) is 1. The van der Waals surface area contributed by atoms with Gasteiger partial charge in [-0.1, -0.05) is 18.2 Å². The predicted molar refractivity (Wildman–Crippen MR) is 105 cm³/mol. The minimum Gasteiger partial charge on any atom is -0.497 e. The van der Waals surface area contributed by atoms with E-state index >= 15 is 0 Å². The van der Waals surface area contributed by atoms with Crippen LogP contribution in [0.3, 0.4) is 0 Å². The molecule has 0 spiro atoms. The molecule has 0 unspecified atom stereocenters. The van der Waals surface area contributed by atoms with E-state index in [2.05, 4.69) is 4.98 Å². The lowest BCUT2D eigenvalue weighted by Crippen LogP contribution is -1.94. The first-order chi connectivity index (χ1) is 13.1. The fourth-order valence-electron chi connectivity index (χ4n) is 2.70. The minimum atomic E-state index is -1.01. The van der Waals surface area contributed by atoms with E-state index in [1.807, 2.05) is 54.6 Å². The number of carbonyl (C=O) groups is 1. The van der Waals surface area contributed by atoms with Crippen LogP contribution >= 0.6 is 0 Å². The second kappa shape index (κ2) is 8.19. The molecule has 0 amide bonds. The van der Waals surface area contributed by atoms with E-state index in [0.717, 1.165) is 40.0 Å². The lowest BCUT2D eigenvalue weighted by Gasteiger charge is -2.12. The van der Waals surface area contributed by atoms with Gasteiger partial charge in [-0.2, -0.15) is 0 Å². The van der Waals surface area contributed by atoms with Crippen LogP contribution in [0, 0.1) is 0 Å². The second-order valence-corrected chi connectivity index (χ2v) is 5.76. The summed E-state index contributed by atoms with van der Waals surface area (Å²) in [5.74, 6) is 0.521. The highest BCUT2D eigenvalue weighted by Gasteiger charge is 2.11. The molecular weight excluding hydrogens is 342 g/mol. The third-order valence-corrected chi connectivity index (χ3v) is 4.08. The van der Waals surface area contributed by atoms with Gasteiger partial charge in [-0.3, -0.25) is 0 Å². The highest BCUT2D eigenvalue weighted by Crippen LogP contribution is 2.32. The van der Waals surface area contributed by atoms with Crippen molar-refractivity contribution in [3.8, 4) is 33.9 Å². The number of hydrogen-bond donors (Lipinski definition) is 1. The normalized spacial score (nSPS) is 10.7. The number of ether oxygens (including phenoxy) is 2. The fraction of sp³-hybridized carbons (Fsp3) is 0.0909. The van der Waals surface area contributed by atoms with Crippen LogP contribution in [0.15, 0.2) is 66.7 Å². The van der Waals surface area contributed by atoms with Crippen LogP contribution in [-0.2, 0) is 4.79 Å². The molecule has 0 fully saturated rings. The Hall–Kier alpha value is -3.60. The predicted octanol–water partition coefficient (Wildman–Crippen LogP) is 4.53. The van der Waals surface area contributed by atoms with Crippen LogP contribution in [0.25, 0.3) is 28.5 Å². The maximum absolute atomic E-state index is 10.8. The fourth-order valence-corrected chi connectivity index (χ4v) is 2.70. The van der Waals surface area contributed by atoms with E-state index in [-0.39, 0.29) is 0 Å². The van der Waals surface area contributed by atoms with E-state index in [1.54, 1.807) is 20.3 Å². The van der Waals surface area contributed by atoms with Gasteiger partial charge < -0.3 is 14.6 Å². The van der Waals surface area contributed by atoms with Crippen LogP contribution < -0.4 is 9.47 Å². The SMILES string of the molecule is COc1ccc(-c2ccc(/C=C/C(=O)O)nc2-c2ccc(OC)cc2)cc1. The van der Waals surface area contributed by atoms with Gasteiger partial charge >= 0.3 is 5.97 Å². The molecule has 0 bridgehead atoms. The Morgan fingerprint density at radius 3 is 1.93 bits per heavy atom. The summed E-state index contributed by atoms with van der Waals surface area (Å²) in [5.41, 5.74) is 4.17. The number of methoxy groups -OCH3 is 2. The first-order valence-electron chi connectivity index (χ1n) is 8.31. The van der Waals surface area contributed by atoms with Gasteiger partial charge in [0.05, 0.1) is 25.6 Å². The van der Waals surface area contributed by atoms with E-state index in [4.69, 9.17) is 14.6 Å². The molecule has 0 aliphatic carbocycles. The van der Waals surface area contributed by atoms with Gasteiger partial charge in [0.25, 0.3) is 0 Å². The van der Waals surface area contributed by atoms with Gasteiger partial charge in [0, 0.05) is 17.2 Å². The lowest BCUT2D eigenvalue weighted by atomic mass is 9.98. The Labute approximate surface area is 157 Å². The standard InChI is InChI=1S/C22H19NO4/c1-26-18-9-3-15(4-10-18)20-13-7-17(8-14-21(24)25)23-22(20)16-5-11-19(27-2)12-6-16/h3-14H,1-2H3,(H,24,25)/b14-8+. The third kappa shape index (κ3) is 4.33. The molecule has 1 N–H and O–H groups in total. The molecule has 0 aliphatic heterocycles. The Kier molecular flexibility index (Phi) is 5.52. The van der Waals surface area contributed by atoms with Crippen LogP contribution in [0.5, 0.6) is 11.5 Å². The largest absolute Gasteiger partial charge is 0.497 e. The molecule has 5 nitrogen and oxygen atoms in total. The van der Waals surface area contributed by atoms with Crippen molar-refractivity contribution in [2.24, 2.45) is 0 Å². The van der Waals surface area contributed by atoms with E-state index in [0.29, 0.717) is 5.69 Å². The number of hydrogen-bond acceptors (Lipinski definition) is 4. The molecule has 5 heteroatoms. The number of pyridine rings is 1. The highest BCUT2D eigenvalue weighted by atomic mass is 16.5. The zero-order chi connectivity index (χ0) is 19.2. The maximum Gasteiger partial charge on any atom is 0.328 e. The molecule has 2 aromatic carbocycles. The zero-order valence-electron chi connectivity index (χ0n) is 15.0. The Balaban J connectivity index is 2.11. The summed E-state index contributed by atoms with van der Waals surface area (Å²) in [4.78, 5) is 15.5. The average molecular weight is 361 g/mol. The number of rotatable bonds is 6. The van der Waals surface area contributed by atoms with E-state index in [1.165, 1.54) is 6.08 Å². The van der Waals surface area contributed by atoms with E-state index < -0.39 is 5.97 Å². The molecule has 136 valence electrons. The molecule has 0 atom stereocenters. The van der Waals surface area contributed by atoms with Crippen molar-refractivity contribution in [1.82, 2.24) is 4.98 Å². The lowest BCUT2D eigenvalue weighted by molar-refractivity contribution is -0.131. The van der Waals surface area contributed by atoms with Crippen LogP contribution in [0.1, 0.15) is 5.69 Å². The van der Waals surface area contributed by atoms with Crippen molar-refractivity contribution in [2.45, 2.75) is 0 Å². The maximum atomic E-state index is 10.8. The van der Waals surface area contributed by atoms with Gasteiger partial charge in [-0.25, -0.2) is 9.78 Å². The monoisotopic (exact) mass is 361 g/mol. The second-order valence-electron chi connectivity index (χ2n) is 5.76. The summed E-state index contributed by atoms with van der Waals surface area (Å²) in [6.07, 6.45) is 2.56. The number of benzene rings is 2. The summed E-state index contributed by atoms with van der Waals surface area (Å²) in [7, 11) is 3.25. The number of aliphatic carboxylic acids is 1. The van der Waals surface area contributed by atoms with Crippen molar-refractivity contribution in [2.75, 3.05) is 14.2 Å². The Morgan fingerprint density at radius 2 is 1.41 bits per heavy atom. The molecule has 1 heterocycles. The molecule has 27 heavy (non-hydrogen) atoms. The first-order valence-corrected chi connectivity index (χ1v) is 8.31. The quantitative estimate of drug-likeness (QED) is 0.653. The van der Waals surface area contributed by atoms with Gasteiger partial charge in [0.1, 0.15) is 11.5 Å². The Morgan fingerprint density at radius 1 is 0.852 bits per heavy atom. The van der Waals surface area contributed by atoms with Crippen LogP contribution in [0.4, 0.5) is 0 Å². The summed E-state index contributed by atoms with van der Waals surface area (Å²) >= 11 is 0. The summed E-state index contributed by atoms with van der Waals surface area (Å²) in [5, 5.41) is 8.86. The van der Waals surface area contributed by atoms with Crippen molar-refractivity contribution in [3.63, 3.8) is 0 Å². The topological polar surface area (TPSA) is 68.7 Å². The van der Waals surface area contributed by atoms with Gasteiger partial charge in [0.15, 0.2) is 0 Å². The van der Waals surface area contributed by atoms with Gasteiger partial charge in [0.2, 0.25) is 0 Å². The van der Waals surface area contributed by atoms with E-state index in [9.17, 15) is 4.79 Å². The molecule has 0 radical (unpaired) electrons. The number of carboxylic acids is 1. The molecule has 3 rings (SSSR count). The summed E-state index contributed by atoms with van der Waals surface area (Å²) in [6.45, 7) is 0. The number of carboxylic acid groups (broad SMARTS) is 1. The third-order valence-electron chi connectivity index (χ3n) is 4.08. The summed E-state index contributed by atoms with van der Waals surface area (Å²) < 4.78 is 10.4.